The van der Waals surface area contributed by atoms with E-state index in [2.05, 4.69) is 44.8 Å². The van der Waals surface area contributed by atoms with Gasteiger partial charge in [-0.2, -0.15) is 0 Å². The van der Waals surface area contributed by atoms with Crippen LogP contribution in [-0.2, 0) is 19.5 Å². The first kappa shape index (κ1) is 20.2. The van der Waals surface area contributed by atoms with Gasteiger partial charge in [-0.3, -0.25) is 9.79 Å². The van der Waals surface area contributed by atoms with Crippen molar-refractivity contribution < 1.29 is 4.79 Å². The van der Waals surface area contributed by atoms with E-state index in [1.807, 2.05) is 31.3 Å². The number of rotatable bonds is 3. The lowest BCUT2D eigenvalue weighted by Gasteiger charge is -2.31. The minimum absolute atomic E-state index is 0. The number of nitrogens with zero attached hydrogens (tertiary/aromatic N) is 2. The number of fused-ring (bicyclic) bond motifs is 1. The molecule has 5 nitrogen and oxygen atoms in total. The third-order valence-corrected chi connectivity index (χ3v) is 4.51. The van der Waals surface area contributed by atoms with E-state index in [1.165, 1.54) is 11.1 Å². The van der Waals surface area contributed by atoms with E-state index in [0.29, 0.717) is 12.1 Å². The Balaban J connectivity index is 0.00000243. The molecule has 2 N–H and O–H groups in total. The molecule has 0 fully saturated rings. The molecule has 0 aliphatic carbocycles. The second kappa shape index (κ2) is 9.56. The van der Waals surface area contributed by atoms with E-state index in [9.17, 15) is 4.79 Å². The maximum absolute atomic E-state index is 11.8. The maximum atomic E-state index is 11.8. The van der Waals surface area contributed by atoms with Crippen molar-refractivity contribution in [3.63, 3.8) is 0 Å². The van der Waals surface area contributed by atoms with Gasteiger partial charge in [-0.1, -0.05) is 36.4 Å². The predicted molar refractivity (Wildman–Crippen MR) is 116 cm³/mol. The minimum atomic E-state index is -0.0705. The Morgan fingerprint density at radius 3 is 2.65 bits per heavy atom. The molecule has 0 radical (unpaired) electrons. The Bertz CT molecular complexity index is 791. The van der Waals surface area contributed by atoms with E-state index >= 15 is 0 Å². The Labute approximate surface area is 171 Å². The van der Waals surface area contributed by atoms with Crippen LogP contribution in [-0.4, -0.2) is 37.4 Å². The van der Waals surface area contributed by atoms with Crippen LogP contribution in [0, 0.1) is 0 Å². The monoisotopic (exact) mass is 464 g/mol. The zero-order chi connectivity index (χ0) is 17.6. The number of halogens is 1. The normalized spacial score (nSPS) is 13.5. The van der Waals surface area contributed by atoms with Crippen LogP contribution in [0.1, 0.15) is 27.0 Å². The fourth-order valence-corrected chi connectivity index (χ4v) is 3.16. The van der Waals surface area contributed by atoms with E-state index in [4.69, 9.17) is 0 Å². The molecule has 0 saturated carbocycles. The molecule has 1 amide bonds. The zero-order valence-corrected chi connectivity index (χ0v) is 17.5. The van der Waals surface area contributed by atoms with Crippen molar-refractivity contribution in [1.29, 1.82) is 0 Å². The Hall–Kier alpha value is -2.09. The molecule has 0 spiro atoms. The summed E-state index contributed by atoms with van der Waals surface area (Å²) in [7, 11) is 3.45. The summed E-state index contributed by atoms with van der Waals surface area (Å²) in [4.78, 5) is 18.5. The number of hydrogen-bond donors (Lipinski definition) is 2. The highest BCUT2D eigenvalue weighted by molar-refractivity contribution is 14.0. The van der Waals surface area contributed by atoms with Gasteiger partial charge in [0.2, 0.25) is 0 Å². The number of carbonyl (C=O) groups excluding carboxylic acids is 1. The predicted octanol–water partition coefficient (Wildman–Crippen LogP) is 2.80. The van der Waals surface area contributed by atoms with Crippen molar-refractivity contribution in [2.45, 2.75) is 19.5 Å². The smallest absolute Gasteiger partial charge is 0.251 e. The molecule has 0 unspecified atom stereocenters. The second-order valence-corrected chi connectivity index (χ2v) is 6.12. The fraction of sp³-hybridized carbons (Fsp3) is 0.300. The third-order valence-electron chi connectivity index (χ3n) is 4.51. The molecule has 2 aromatic rings. The third kappa shape index (κ3) is 4.75. The number of benzene rings is 2. The van der Waals surface area contributed by atoms with Gasteiger partial charge >= 0.3 is 0 Å². The molecular formula is C20H25IN4O. The van der Waals surface area contributed by atoms with Crippen LogP contribution >= 0.6 is 24.0 Å². The summed E-state index contributed by atoms with van der Waals surface area (Å²) in [5, 5.41) is 6.07. The highest BCUT2D eigenvalue weighted by Gasteiger charge is 2.18. The number of nitrogens with one attached hydrogen (secondary N) is 2. The molecule has 138 valence electrons. The van der Waals surface area contributed by atoms with E-state index in [0.717, 1.165) is 31.0 Å². The first-order valence-electron chi connectivity index (χ1n) is 8.54. The van der Waals surface area contributed by atoms with Crippen LogP contribution in [0.25, 0.3) is 0 Å². The molecule has 0 aromatic heterocycles. The number of aliphatic imine (C=N–C) groups is 1. The van der Waals surface area contributed by atoms with Gasteiger partial charge in [0.15, 0.2) is 5.96 Å². The maximum Gasteiger partial charge on any atom is 0.251 e. The summed E-state index contributed by atoms with van der Waals surface area (Å²) in [6, 6.07) is 16.2. The van der Waals surface area contributed by atoms with Gasteiger partial charge in [0.1, 0.15) is 0 Å². The van der Waals surface area contributed by atoms with Crippen LogP contribution in [0.15, 0.2) is 53.5 Å². The number of amides is 1. The summed E-state index contributed by atoms with van der Waals surface area (Å²) < 4.78 is 0. The average molecular weight is 464 g/mol. The lowest BCUT2D eigenvalue weighted by molar-refractivity contribution is 0.0963. The van der Waals surface area contributed by atoms with Crippen molar-refractivity contribution >= 4 is 35.8 Å². The molecular weight excluding hydrogens is 439 g/mol. The van der Waals surface area contributed by atoms with Crippen molar-refractivity contribution in [3.05, 3.63) is 70.8 Å². The Morgan fingerprint density at radius 2 is 1.92 bits per heavy atom. The van der Waals surface area contributed by atoms with Crippen LogP contribution < -0.4 is 10.6 Å². The summed E-state index contributed by atoms with van der Waals surface area (Å²) in [5.41, 5.74) is 4.51. The minimum Gasteiger partial charge on any atom is -0.355 e. The second-order valence-electron chi connectivity index (χ2n) is 6.12. The Kier molecular flexibility index (Phi) is 7.44. The Morgan fingerprint density at radius 1 is 1.15 bits per heavy atom. The van der Waals surface area contributed by atoms with Gasteiger partial charge in [-0.15, -0.1) is 24.0 Å². The molecule has 0 saturated heterocycles. The van der Waals surface area contributed by atoms with Gasteiger partial charge in [0, 0.05) is 39.3 Å². The van der Waals surface area contributed by atoms with Gasteiger partial charge < -0.3 is 15.5 Å². The highest BCUT2D eigenvalue weighted by Crippen LogP contribution is 2.18. The summed E-state index contributed by atoms with van der Waals surface area (Å²) >= 11 is 0. The van der Waals surface area contributed by atoms with E-state index < -0.39 is 0 Å². The van der Waals surface area contributed by atoms with E-state index in [-0.39, 0.29) is 29.9 Å². The molecule has 1 aliphatic rings. The van der Waals surface area contributed by atoms with Crippen LogP contribution in [0.3, 0.4) is 0 Å². The number of carbonyl (C=O) groups is 1. The summed E-state index contributed by atoms with van der Waals surface area (Å²) in [6.07, 6.45) is 1.03. The molecule has 2 aromatic carbocycles. The molecule has 3 rings (SSSR count). The average Bonchev–Trinajstić information content (AvgIpc) is 2.68. The zero-order valence-electron chi connectivity index (χ0n) is 15.2. The quantitative estimate of drug-likeness (QED) is 0.418. The summed E-state index contributed by atoms with van der Waals surface area (Å²) in [5.74, 6) is 0.818. The highest BCUT2D eigenvalue weighted by atomic mass is 127. The number of guanidine groups is 1. The lowest BCUT2D eigenvalue weighted by Crippen LogP contribution is -2.43. The molecule has 6 heteroatoms. The van der Waals surface area contributed by atoms with Gasteiger partial charge in [0.25, 0.3) is 5.91 Å². The summed E-state index contributed by atoms with van der Waals surface area (Å²) in [6.45, 7) is 2.46. The van der Waals surface area contributed by atoms with Crippen molar-refractivity contribution in [2.24, 2.45) is 4.99 Å². The first-order valence-corrected chi connectivity index (χ1v) is 8.54. The van der Waals surface area contributed by atoms with Crippen molar-refractivity contribution in [2.75, 3.05) is 20.6 Å². The van der Waals surface area contributed by atoms with Crippen LogP contribution in [0.4, 0.5) is 0 Å². The van der Waals surface area contributed by atoms with Crippen LogP contribution in [0.2, 0.25) is 0 Å². The number of hydrogen-bond acceptors (Lipinski definition) is 2. The topological polar surface area (TPSA) is 56.7 Å². The van der Waals surface area contributed by atoms with Gasteiger partial charge in [-0.25, -0.2) is 0 Å². The standard InChI is InChI=1S/C20H24N4O.HI/c1-21-19(25)17-9-5-6-15(12-17)13-23-20(22-2)24-11-10-16-7-3-4-8-18(16)14-24;/h3-9,12H,10-11,13-14H2,1-2H3,(H,21,25)(H,22,23);1H. The molecule has 26 heavy (non-hydrogen) atoms. The first-order chi connectivity index (χ1) is 12.2. The SMILES string of the molecule is CN=C(NCc1cccc(C(=O)NC)c1)N1CCc2ccccc2C1.I. The molecule has 1 aliphatic heterocycles. The molecule has 1 heterocycles. The molecule has 0 bridgehead atoms. The van der Waals surface area contributed by atoms with Gasteiger partial charge in [-0.05, 0) is 35.2 Å². The fourth-order valence-electron chi connectivity index (χ4n) is 3.16. The van der Waals surface area contributed by atoms with E-state index in [1.54, 1.807) is 7.05 Å². The molecule has 0 atom stereocenters. The van der Waals surface area contributed by atoms with Gasteiger partial charge in [0.05, 0.1) is 0 Å². The van der Waals surface area contributed by atoms with Crippen molar-refractivity contribution in [1.82, 2.24) is 15.5 Å². The largest absolute Gasteiger partial charge is 0.355 e. The van der Waals surface area contributed by atoms with Crippen LogP contribution in [0.5, 0.6) is 0 Å². The van der Waals surface area contributed by atoms with Crippen molar-refractivity contribution in [3.8, 4) is 0 Å². The lowest BCUT2D eigenvalue weighted by atomic mass is 10.0.